The van der Waals surface area contributed by atoms with Crippen LogP contribution in [0.2, 0.25) is 5.02 Å². The van der Waals surface area contributed by atoms with Gasteiger partial charge in [0, 0.05) is 33.4 Å². The summed E-state index contributed by atoms with van der Waals surface area (Å²) >= 11 is 11.1. The average molecular weight is 538 g/mol. The molecule has 1 aliphatic carbocycles. The van der Waals surface area contributed by atoms with Crippen molar-refractivity contribution < 1.29 is 9.59 Å². The van der Waals surface area contributed by atoms with E-state index in [2.05, 4.69) is 21.2 Å². The predicted octanol–water partition coefficient (Wildman–Crippen LogP) is 6.45. The quantitative estimate of drug-likeness (QED) is 0.280. The molecule has 3 rings (SSSR count). The number of rotatable bonds is 10. The number of nitrogens with zero attached hydrogens (tertiary/aromatic N) is 1. The van der Waals surface area contributed by atoms with Crippen LogP contribution in [0.15, 0.2) is 57.9 Å². The number of hydrogen-bond donors (Lipinski definition) is 1. The van der Waals surface area contributed by atoms with Crippen LogP contribution in [0.5, 0.6) is 0 Å². The van der Waals surface area contributed by atoms with E-state index in [0.717, 1.165) is 57.8 Å². The molecule has 1 fully saturated rings. The lowest BCUT2D eigenvalue weighted by atomic mass is 10.1. The van der Waals surface area contributed by atoms with Gasteiger partial charge in [-0.1, -0.05) is 52.5 Å². The van der Waals surface area contributed by atoms with E-state index in [1.807, 2.05) is 55.5 Å². The van der Waals surface area contributed by atoms with Gasteiger partial charge in [0.15, 0.2) is 0 Å². The van der Waals surface area contributed by atoms with Gasteiger partial charge in [0.25, 0.3) is 0 Å². The monoisotopic (exact) mass is 536 g/mol. The van der Waals surface area contributed by atoms with Crippen LogP contribution in [-0.2, 0) is 16.1 Å². The fraction of sp³-hybridized carbons (Fsp3) is 0.440. The zero-order chi connectivity index (χ0) is 22.9. The van der Waals surface area contributed by atoms with Crippen LogP contribution in [0.25, 0.3) is 0 Å². The minimum Gasteiger partial charge on any atom is -0.352 e. The molecule has 2 amide bonds. The van der Waals surface area contributed by atoms with E-state index in [0.29, 0.717) is 13.0 Å². The fourth-order valence-electron chi connectivity index (χ4n) is 3.89. The molecule has 0 bridgehead atoms. The molecule has 4 nitrogen and oxygen atoms in total. The molecule has 0 unspecified atom stereocenters. The summed E-state index contributed by atoms with van der Waals surface area (Å²) in [5.74, 6) is 0.785. The van der Waals surface area contributed by atoms with Gasteiger partial charge < -0.3 is 10.2 Å². The molecule has 2 aromatic rings. The summed E-state index contributed by atoms with van der Waals surface area (Å²) in [6.45, 7) is 2.25. The third-order valence-corrected chi connectivity index (χ3v) is 7.57. The molecule has 1 N–H and O–H groups in total. The van der Waals surface area contributed by atoms with E-state index in [-0.39, 0.29) is 17.9 Å². The highest BCUT2D eigenvalue weighted by molar-refractivity contribution is 9.10. The number of amides is 2. The second-order valence-electron chi connectivity index (χ2n) is 8.22. The van der Waals surface area contributed by atoms with Gasteiger partial charge in [-0.25, -0.2) is 0 Å². The summed E-state index contributed by atoms with van der Waals surface area (Å²) in [6.07, 6.45) is 5.53. The molecule has 7 heteroatoms. The van der Waals surface area contributed by atoms with Crippen molar-refractivity contribution >= 4 is 51.1 Å². The first-order valence-electron chi connectivity index (χ1n) is 11.1. The Labute approximate surface area is 208 Å². The molecule has 2 aromatic carbocycles. The molecule has 0 spiro atoms. The van der Waals surface area contributed by atoms with Crippen molar-refractivity contribution in [2.75, 3.05) is 5.75 Å². The third kappa shape index (κ3) is 7.82. The maximum absolute atomic E-state index is 13.2. The Kier molecular flexibility index (Phi) is 9.94. The van der Waals surface area contributed by atoms with Crippen molar-refractivity contribution in [3.63, 3.8) is 0 Å². The first-order valence-corrected chi connectivity index (χ1v) is 13.3. The Morgan fingerprint density at radius 3 is 2.59 bits per heavy atom. The van der Waals surface area contributed by atoms with Crippen LogP contribution in [0, 0.1) is 0 Å². The van der Waals surface area contributed by atoms with Gasteiger partial charge in [0.05, 0.1) is 0 Å². The summed E-state index contributed by atoms with van der Waals surface area (Å²) in [6, 6.07) is 15.4. The Balaban J connectivity index is 1.59. The van der Waals surface area contributed by atoms with E-state index >= 15 is 0 Å². The van der Waals surface area contributed by atoms with E-state index in [9.17, 15) is 9.59 Å². The van der Waals surface area contributed by atoms with Crippen molar-refractivity contribution in [3.05, 3.63) is 63.6 Å². The number of halogens is 2. The molecule has 0 aliphatic heterocycles. The normalized spacial score (nSPS) is 14.8. The Morgan fingerprint density at radius 1 is 1.19 bits per heavy atom. The predicted molar refractivity (Wildman–Crippen MR) is 136 cm³/mol. The van der Waals surface area contributed by atoms with Crippen molar-refractivity contribution in [1.82, 2.24) is 10.2 Å². The maximum Gasteiger partial charge on any atom is 0.242 e. The van der Waals surface area contributed by atoms with Crippen molar-refractivity contribution in [2.45, 2.75) is 69.0 Å². The zero-order valence-electron chi connectivity index (χ0n) is 18.4. The fourth-order valence-corrected chi connectivity index (χ4v) is 5.32. The number of carbonyl (C=O) groups excluding carboxylic acids is 2. The highest BCUT2D eigenvalue weighted by Gasteiger charge is 2.28. The largest absolute Gasteiger partial charge is 0.352 e. The maximum atomic E-state index is 13.2. The van der Waals surface area contributed by atoms with Crippen LogP contribution < -0.4 is 5.32 Å². The average Bonchev–Trinajstić information content (AvgIpc) is 3.28. The molecule has 1 atom stereocenters. The standard InChI is InChI=1S/C25H30BrClN2O2S/c1-18(25(31)28-22-8-2-3-9-22)29(17-19-6-4-7-20(26)16-19)24(30)10-5-15-32-23-13-11-21(27)12-14-23/h4,6-7,11-14,16,18,22H,2-3,5,8-10,15,17H2,1H3,(H,28,31)/t18-/m0/s1. The number of hydrogen-bond acceptors (Lipinski definition) is 3. The van der Waals surface area contributed by atoms with Crippen LogP contribution in [0.3, 0.4) is 0 Å². The topological polar surface area (TPSA) is 49.4 Å². The minimum absolute atomic E-state index is 0.00996. The molecule has 0 radical (unpaired) electrons. The second-order valence-corrected chi connectivity index (χ2v) is 10.7. The molecule has 0 heterocycles. The van der Waals surface area contributed by atoms with Gasteiger partial charge in [-0.2, -0.15) is 0 Å². The summed E-state index contributed by atoms with van der Waals surface area (Å²) in [5, 5.41) is 3.87. The minimum atomic E-state index is -0.508. The van der Waals surface area contributed by atoms with Crippen molar-refractivity contribution in [2.24, 2.45) is 0 Å². The van der Waals surface area contributed by atoms with Gasteiger partial charge in [0.2, 0.25) is 11.8 Å². The van der Waals surface area contributed by atoms with Crippen LogP contribution >= 0.6 is 39.3 Å². The lowest BCUT2D eigenvalue weighted by Gasteiger charge is -2.30. The highest BCUT2D eigenvalue weighted by atomic mass is 79.9. The number of thioether (sulfide) groups is 1. The lowest BCUT2D eigenvalue weighted by Crippen LogP contribution is -2.49. The van der Waals surface area contributed by atoms with Crippen LogP contribution in [0.4, 0.5) is 0 Å². The highest BCUT2D eigenvalue weighted by Crippen LogP contribution is 2.23. The smallest absolute Gasteiger partial charge is 0.242 e. The van der Waals surface area contributed by atoms with Gasteiger partial charge in [-0.15, -0.1) is 11.8 Å². The first-order chi connectivity index (χ1) is 15.4. The molecular formula is C25H30BrClN2O2S. The number of carbonyl (C=O) groups is 2. The number of benzene rings is 2. The second kappa shape index (κ2) is 12.7. The Morgan fingerprint density at radius 2 is 1.91 bits per heavy atom. The number of nitrogens with one attached hydrogen (secondary N) is 1. The van der Waals surface area contributed by atoms with Gasteiger partial charge in [-0.3, -0.25) is 9.59 Å². The van der Waals surface area contributed by atoms with Gasteiger partial charge >= 0.3 is 0 Å². The first kappa shape index (κ1) is 25.1. The van der Waals surface area contributed by atoms with Crippen molar-refractivity contribution in [1.29, 1.82) is 0 Å². The van der Waals surface area contributed by atoms with Crippen molar-refractivity contribution in [3.8, 4) is 0 Å². The molecule has 1 aliphatic rings. The Hall–Kier alpha value is -1.50. The van der Waals surface area contributed by atoms with Gasteiger partial charge in [0.1, 0.15) is 6.04 Å². The molecule has 32 heavy (non-hydrogen) atoms. The lowest BCUT2D eigenvalue weighted by molar-refractivity contribution is -0.140. The van der Waals surface area contributed by atoms with Gasteiger partial charge in [-0.05, 0) is 73.9 Å². The zero-order valence-corrected chi connectivity index (χ0v) is 21.5. The molecular weight excluding hydrogens is 508 g/mol. The summed E-state index contributed by atoms with van der Waals surface area (Å²) in [5.41, 5.74) is 1.00. The SMILES string of the molecule is C[C@@H](C(=O)NC1CCCC1)N(Cc1cccc(Br)c1)C(=O)CCCSc1ccc(Cl)cc1. The van der Waals surface area contributed by atoms with E-state index in [4.69, 9.17) is 11.6 Å². The summed E-state index contributed by atoms with van der Waals surface area (Å²) < 4.78 is 0.963. The van der Waals surface area contributed by atoms with E-state index < -0.39 is 6.04 Å². The summed E-state index contributed by atoms with van der Waals surface area (Å²) in [4.78, 5) is 29.0. The van der Waals surface area contributed by atoms with E-state index in [1.54, 1.807) is 16.7 Å². The molecule has 0 saturated heterocycles. The van der Waals surface area contributed by atoms with Crippen LogP contribution in [0.1, 0.15) is 51.0 Å². The third-order valence-electron chi connectivity index (χ3n) is 5.73. The van der Waals surface area contributed by atoms with E-state index in [1.165, 1.54) is 0 Å². The summed E-state index contributed by atoms with van der Waals surface area (Å²) in [7, 11) is 0. The Bertz CT molecular complexity index is 903. The molecule has 1 saturated carbocycles. The molecule has 172 valence electrons. The molecule has 0 aromatic heterocycles. The van der Waals surface area contributed by atoms with Crippen LogP contribution in [-0.4, -0.2) is 34.6 Å².